The molecule has 0 aromatic carbocycles. The summed E-state index contributed by atoms with van der Waals surface area (Å²) in [6, 6.07) is 0. The zero-order chi connectivity index (χ0) is 10.7. The molecule has 2 heteroatoms. The van der Waals surface area contributed by atoms with Gasteiger partial charge in [0.15, 0.2) is 0 Å². The molecule has 2 rings (SSSR count). The minimum absolute atomic E-state index is 0.335. The number of Topliss-reactive ketones (excluding diaryl/α,β-unsaturated/α-hetero) is 1. The van der Waals surface area contributed by atoms with Gasteiger partial charge in [0.2, 0.25) is 0 Å². The summed E-state index contributed by atoms with van der Waals surface area (Å²) in [4.78, 5) is 11.8. The lowest BCUT2D eigenvalue weighted by molar-refractivity contribution is -0.119. The molecule has 0 aliphatic heterocycles. The van der Waals surface area contributed by atoms with Crippen molar-refractivity contribution in [1.29, 1.82) is 0 Å². The fourth-order valence-corrected chi connectivity index (χ4v) is 4.58. The number of carbonyl (C=O) groups excluding carboxylic acids is 1. The van der Waals surface area contributed by atoms with Crippen LogP contribution in [0.1, 0.15) is 64.7 Å². The van der Waals surface area contributed by atoms with Crippen molar-refractivity contribution in [2.24, 2.45) is 0 Å². The van der Waals surface area contributed by atoms with Gasteiger partial charge >= 0.3 is 0 Å². The number of hydrogen-bond donors (Lipinski definition) is 0. The van der Waals surface area contributed by atoms with Crippen LogP contribution in [0.3, 0.4) is 0 Å². The Hall–Kier alpha value is 0.0200. The molecule has 0 aromatic rings. The first-order valence-corrected chi connectivity index (χ1v) is 7.28. The molecule has 2 saturated carbocycles. The lowest BCUT2D eigenvalue weighted by Gasteiger charge is -2.36. The maximum Gasteiger partial charge on any atom is 0.145 e. The van der Waals surface area contributed by atoms with Crippen molar-refractivity contribution >= 4 is 17.5 Å². The van der Waals surface area contributed by atoms with Crippen LogP contribution in [0.15, 0.2) is 0 Å². The van der Waals surface area contributed by atoms with Gasteiger partial charge in [-0.15, -0.1) is 11.8 Å². The fourth-order valence-electron chi connectivity index (χ4n) is 2.84. The van der Waals surface area contributed by atoms with Gasteiger partial charge in [-0.1, -0.05) is 32.6 Å². The molecular formula is C13H22OS. The van der Waals surface area contributed by atoms with Crippen LogP contribution < -0.4 is 0 Å². The Kier molecular flexibility index (Phi) is 3.76. The van der Waals surface area contributed by atoms with Crippen molar-refractivity contribution in [2.45, 2.75) is 74.7 Å². The Morgan fingerprint density at radius 3 is 2.53 bits per heavy atom. The summed E-state index contributed by atoms with van der Waals surface area (Å²) < 4.78 is 0.413. The number of thioether (sulfide) groups is 1. The summed E-state index contributed by atoms with van der Waals surface area (Å²) in [7, 11) is 0. The summed E-state index contributed by atoms with van der Waals surface area (Å²) in [5, 5.41) is 0.335. The topological polar surface area (TPSA) is 17.1 Å². The average Bonchev–Trinajstić information content (AvgIpc) is 2.22. The molecule has 0 heterocycles. The Morgan fingerprint density at radius 1 is 1.13 bits per heavy atom. The molecule has 1 unspecified atom stereocenters. The molecule has 0 radical (unpaired) electrons. The fraction of sp³-hybridized carbons (Fsp3) is 0.923. The van der Waals surface area contributed by atoms with Crippen LogP contribution >= 0.6 is 11.8 Å². The minimum atomic E-state index is 0.335. The zero-order valence-electron chi connectivity index (χ0n) is 9.76. The van der Waals surface area contributed by atoms with E-state index in [0.29, 0.717) is 15.8 Å². The van der Waals surface area contributed by atoms with Crippen molar-refractivity contribution in [1.82, 2.24) is 0 Å². The van der Waals surface area contributed by atoms with Gasteiger partial charge in [0, 0.05) is 11.2 Å². The van der Waals surface area contributed by atoms with E-state index in [1.54, 1.807) is 0 Å². The van der Waals surface area contributed by atoms with Crippen LogP contribution in [-0.4, -0.2) is 15.8 Å². The Labute approximate surface area is 97.4 Å². The van der Waals surface area contributed by atoms with E-state index in [0.717, 1.165) is 19.3 Å². The largest absolute Gasteiger partial charge is 0.298 e. The SMILES string of the molecule is CC1(SC2CCCCC2=O)CCCCC1. The van der Waals surface area contributed by atoms with Crippen LogP contribution in [0, 0.1) is 0 Å². The minimum Gasteiger partial charge on any atom is -0.298 e. The van der Waals surface area contributed by atoms with E-state index >= 15 is 0 Å². The van der Waals surface area contributed by atoms with Gasteiger partial charge in [0.25, 0.3) is 0 Å². The second-order valence-corrected chi connectivity index (χ2v) is 7.12. The van der Waals surface area contributed by atoms with Crippen LogP contribution in [-0.2, 0) is 4.79 Å². The Bertz CT molecular complexity index is 231. The molecule has 0 spiro atoms. The summed E-state index contributed by atoms with van der Waals surface area (Å²) in [6.07, 6.45) is 11.1. The predicted octanol–water partition coefficient (Wildman–Crippen LogP) is 3.95. The zero-order valence-corrected chi connectivity index (χ0v) is 10.6. The second-order valence-electron chi connectivity index (χ2n) is 5.33. The molecule has 2 aliphatic rings. The van der Waals surface area contributed by atoms with Crippen LogP contribution in [0.5, 0.6) is 0 Å². The van der Waals surface area contributed by atoms with Crippen LogP contribution in [0.2, 0.25) is 0 Å². The standard InChI is InChI=1S/C13H22OS/c1-13(9-5-2-6-10-13)15-12-8-4-3-7-11(12)14/h12H,2-10H2,1H3. The van der Waals surface area contributed by atoms with E-state index in [4.69, 9.17) is 0 Å². The smallest absolute Gasteiger partial charge is 0.145 e. The van der Waals surface area contributed by atoms with Crippen LogP contribution in [0.4, 0.5) is 0 Å². The van der Waals surface area contributed by atoms with Crippen molar-refractivity contribution in [2.75, 3.05) is 0 Å². The van der Waals surface area contributed by atoms with E-state index in [9.17, 15) is 4.79 Å². The molecule has 0 N–H and O–H groups in total. The summed E-state index contributed by atoms with van der Waals surface area (Å²) >= 11 is 2.00. The molecular weight excluding hydrogens is 204 g/mol. The highest BCUT2D eigenvalue weighted by Gasteiger charge is 2.34. The lowest BCUT2D eigenvalue weighted by atomic mass is 9.90. The quantitative estimate of drug-likeness (QED) is 0.709. The molecule has 15 heavy (non-hydrogen) atoms. The van der Waals surface area contributed by atoms with Gasteiger partial charge in [-0.05, 0) is 25.7 Å². The molecule has 1 atom stereocenters. The molecule has 2 fully saturated rings. The maximum absolute atomic E-state index is 11.8. The van der Waals surface area contributed by atoms with Gasteiger partial charge in [0.1, 0.15) is 5.78 Å². The number of carbonyl (C=O) groups is 1. The maximum atomic E-state index is 11.8. The third-order valence-electron chi connectivity index (χ3n) is 3.84. The van der Waals surface area contributed by atoms with Crippen molar-refractivity contribution in [3.63, 3.8) is 0 Å². The molecule has 2 aliphatic carbocycles. The van der Waals surface area contributed by atoms with E-state index in [1.807, 2.05) is 11.8 Å². The first-order chi connectivity index (χ1) is 7.20. The molecule has 0 saturated heterocycles. The normalized spacial score (nSPS) is 31.5. The predicted molar refractivity (Wildman–Crippen MR) is 66.3 cm³/mol. The molecule has 86 valence electrons. The Balaban J connectivity index is 1.91. The first kappa shape index (κ1) is 11.5. The molecule has 0 amide bonds. The van der Waals surface area contributed by atoms with Crippen molar-refractivity contribution in [3.8, 4) is 0 Å². The van der Waals surface area contributed by atoms with Gasteiger partial charge < -0.3 is 0 Å². The van der Waals surface area contributed by atoms with Crippen molar-refractivity contribution < 1.29 is 4.79 Å². The van der Waals surface area contributed by atoms with E-state index in [-0.39, 0.29) is 0 Å². The lowest BCUT2D eigenvalue weighted by Crippen LogP contribution is -2.31. The molecule has 0 bridgehead atoms. The van der Waals surface area contributed by atoms with Crippen LogP contribution in [0.25, 0.3) is 0 Å². The summed E-state index contributed by atoms with van der Waals surface area (Å²) in [6.45, 7) is 2.37. The number of rotatable bonds is 2. The van der Waals surface area contributed by atoms with Gasteiger partial charge in [-0.3, -0.25) is 4.79 Å². The highest BCUT2D eigenvalue weighted by atomic mass is 32.2. The second kappa shape index (κ2) is 4.90. The number of hydrogen-bond acceptors (Lipinski definition) is 2. The highest BCUT2D eigenvalue weighted by Crippen LogP contribution is 2.44. The third-order valence-corrected chi connectivity index (χ3v) is 5.60. The van der Waals surface area contributed by atoms with Gasteiger partial charge in [0.05, 0.1) is 5.25 Å². The third kappa shape index (κ3) is 2.99. The van der Waals surface area contributed by atoms with Crippen molar-refractivity contribution in [3.05, 3.63) is 0 Å². The number of ketones is 1. The first-order valence-electron chi connectivity index (χ1n) is 6.40. The highest BCUT2D eigenvalue weighted by molar-refractivity contribution is 8.01. The van der Waals surface area contributed by atoms with E-state index in [2.05, 4.69) is 6.92 Å². The average molecular weight is 226 g/mol. The Morgan fingerprint density at radius 2 is 1.87 bits per heavy atom. The molecule has 0 aromatic heterocycles. The summed E-state index contributed by atoms with van der Waals surface area (Å²) in [5.74, 6) is 0.526. The van der Waals surface area contributed by atoms with Gasteiger partial charge in [-0.2, -0.15) is 0 Å². The monoisotopic (exact) mass is 226 g/mol. The van der Waals surface area contributed by atoms with E-state index < -0.39 is 0 Å². The van der Waals surface area contributed by atoms with Gasteiger partial charge in [-0.25, -0.2) is 0 Å². The molecule has 1 nitrogen and oxygen atoms in total. The van der Waals surface area contributed by atoms with E-state index in [1.165, 1.54) is 38.5 Å². The summed E-state index contributed by atoms with van der Waals surface area (Å²) in [5.41, 5.74) is 0.